The molecule has 4 nitrogen and oxygen atoms in total. The van der Waals surface area contributed by atoms with E-state index in [1.165, 1.54) is 19.3 Å². The number of nitriles is 1. The lowest BCUT2D eigenvalue weighted by Gasteiger charge is -2.35. The molecule has 2 fully saturated rings. The minimum absolute atomic E-state index is 0.0511. The van der Waals surface area contributed by atoms with Crippen molar-refractivity contribution in [2.75, 3.05) is 26.3 Å². The molecule has 0 aromatic carbocycles. The molecular formula is C14H22N2O2. The molecule has 100 valence electrons. The van der Waals surface area contributed by atoms with Gasteiger partial charge in [-0.3, -0.25) is 4.79 Å². The zero-order valence-electron chi connectivity index (χ0n) is 11.0. The summed E-state index contributed by atoms with van der Waals surface area (Å²) in [5.41, 5.74) is -0.808. The van der Waals surface area contributed by atoms with Gasteiger partial charge in [0.05, 0.1) is 6.07 Å². The number of amides is 1. The van der Waals surface area contributed by atoms with Gasteiger partial charge < -0.3 is 9.64 Å². The molecule has 18 heavy (non-hydrogen) atoms. The predicted octanol–water partition coefficient (Wildman–Crippen LogP) is 2.10. The second-order valence-corrected chi connectivity index (χ2v) is 5.37. The lowest BCUT2D eigenvalue weighted by Crippen LogP contribution is -2.47. The van der Waals surface area contributed by atoms with Gasteiger partial charge in [-0.2, -0.15) is 5.26 Å². The number of rotatable bonds is 1. The second kappa shape index (κ2) is 6.19. The Bertz CT molecular complexity index is 321. The molecule has 1 amide bonds. The van der Waals surface area contributed by atoms with Crippen molar-refractivity contribution < 1.29 is 9.53 Å². The van der Waals surface area contributed by atoms with Crippen molar-refractivity contribution in [2.45, 2.75) is 44.9 Å². The molecule has 0 aromatic heterocycles. The van der Waals surface area contributed by atoms with Crippen molar-refractivity contribution in [3.8, 4) is 6.07 Å². The third-order valence-electron chi connectivity index (χ3n) is 4.11. The number of ether oxygens (including phenoxy) is 1. The topological polar surface area (TPSA) is 53.3 Å². The highest BCUT2D eigenvalue weighted by atomic mass is 16.5. The third kappa shape index (κ3) is 2.84. The third-order valence-corrected chi connectivity index (χ3v) is 4.11. The van der Waals surface area contributed by atoms with E-state index in [0.29, 0.717) is 26.1 Å². The Labute approximate surface area is 109 Å². The zero-order valence-corrected chi connectivity index (χ0v) is 11.0. The van der Waals surface area contributed by atoms with E-state index in [2.05, 4.69) is 6.07 Å². The summed E-state index contributed by atoms with van der Waals surface area (Å²) < 4.78 is 5.29. The van der Waals surface area contributed by atoms with Crippen molar-refractivity contribution in [1.82, 2.24) is 4.90 Å². The molecule has 4 heteroatoms. The molecule has 0 N–H and O–H groups in total. The Balaban J connectivity index is 2.05. The van der Waals surface area contributed by atoms with E-state index in [1.807, 2.05) is 4.90 Å². The zero-order chi connectivity index (χ0) is 12.8. The number of likely N-dealkylation sites (tertiary alicyclic amines) is 1. The fourth-order valence-corrected chi connectivity index (χ4v) is 2.85. The number of hydrogen-bond donors (Lipinski definition) is 0. The van der Waals surface area contributed by atoms with Gasteiger partial charge in [0.2, 0.25) is 5.91 Å². The molecule has 0 bridgehead atoms. The summed E-state index contributed by atoms with van der Waals surface area (Å²) in [4.78, 5) is 14.5. The van der Waals surface area contributed by atoms with E-state index >= 15 is 0 Å². The van der Waals surface area contributed by atoms with Gasteiger partial charge in [-0.15, -0.1) is 0 Å². The molecule has 0 aliphatic carbocycles. The van der Waals surface area contributed by atoms with Crippen LogP contribution < -0.4 is 0 Å². The summed E-state index contributed by atoms with van der Waals surface area (Å²) in [6.45, 7) is 2.71. The first kappa shape index (κ1) is 13.4. The van der Waals surface area contributed by atoms with E-state index in [0.717, 1.165) is 25.9 Å². The number of hydrogen-bond acceptors (Lipinski definition) is 3. The first-order valence-corrected chi connectivity index (χ1v) is 7.07. The van der Waals surface area contributed by atoms with Gasteiger partial charge in [0.25, 0.3) is 0 Å². The first-order chi connectivity index (χ1) is 8.78. The minimum atomic E-state index is -0.808. The maximum atomic E-state index is 12.6. The fourth-order valence-electron chi connectivity index (χ4n) is 2.85. The van der Waals surface area contributed by atoms with Gasteiger partial charge in [0.1, 0.15) is 5.41 Å². The van der Waals surface area contributed by atoms with Gasteiger partial charge >= 0.3 is 0 Å². The van der Waals surface area contributed by atoms with Gasteiger partial charge in [-0.25, -0.2) is 0 Å². The number of carbonyl (C=O) groups excluding carboxylic acids is 1. The van der Waals surface area contributed by atoms with Crippen LogP contribution in [-0.2, 0) is 9.53 Å². The second-order valence-electron chi connectivity index (χ2n) is 5.37. The Hall–Kier alpha value is -1.08. The highest BCUT2D eigenvalue weighted by Crippen LogP contribution is 2.32. The van der Waals surface area contributed by atoms with Crippen LogP contribution in [0.15, 0.2) is 0 Å². The molecule has 0 aromatic rings. The van der Waals surface area contributed by atoms with Crippen LogP contribution in [0.1, 0.15) is 44.9 Å². The van der Waals surface area contributed by atoms with Gasteiger partial charge in [-0.1, -0.05) is 19.3 Å². The van der Waals surface area contributed by atoms with E-state index in [-0.39, 0.29) is 5.91 Å². The smallest absolute Gasteiger partial charge is 0.243 e. The average Bonchev–Trinajstić information content (AvgIpc) is 2.38. The van der Waals surface area contributed by atoms with Gasteiger partial charge in [0.15, 0.2) is 0 Å². The van der Waals surface area contributed by atoms with Crippen LogP contribution in [0.3, 0.4) is 0 Å². The molecule has 0 radical (unpaired) electrons. The molecule has 0 saturated carbocycles. The quantitative estimate of drug-likeness (QED) is 0.716. The molecule has 2 saturated heterocycles. The largest absolute Gasteiger partial charge is 0.381 e. The minimum Gasteiger partial charge on any atom is -0.381 e. The van der Waals surface area contributed by atoms with Gasteiger partial charge in [-0.05, 0) is 25.7 Å². The highest BCUT2D eigenvalue weighted by Gasteiger charge is 2.42. The van der Waals surface area contributed by atoms with Crippen molar-refractivity contribution >= 4 is 5.91 Å². The Kier molecular flexibility index (Phi) is 4.60. The monoisotopic (exact) mass is 250 g/mol. The molecule has 0 unspecified atom stereocenters. The van der Waals surface area contributed by atoms with E-state index in [4.69, 9.17) is 4.74 Å². The van der Waals surface area contributed by atoms with Crippen molar-refractivity contribution in [3.05, 3.63) is 0 Å². The number of carbonyl (C=O) groups is 1. The summed E-state index contributed by atoms with van der Waals surface area (Å²) in [5, 5.41) is 9.42. The average molecular weight is 250 g/mol. The fraction of sp³-hybridized carbons (Fsp3) is 0.857. The maximum absolute atomic E-state index is 12.6. The molecule has 0 atom stereocenters. The summed E-state index contributed by atoms with van der Waals surface area (Å²) in [6.07, 6.45) is 6.93. The van der Waals surface area contributed by atoms with Gasteiger partial charge in [0, 0.05) is 26.3 Å². The van der Waals surface area contributed by atoms with Crippen LogP contribution in [0.2, 0.25) is 0 Å². The highest BCUT2D eigenvalue weighted by molar-refractivity contribution is 5.85. The lowest BCUT2D eigenvalue weighted by molar-refractivity contribution is -0.143. The molecule has 2 rings (SSSR count). The van der Waals surface area contributed by atoms with Crippen LogP contribution in [0, 0.1) is 16.7 Å². The molecule has 2 aliphatic heterocycles. The Morgan fingerprint density at radius 3 is 2.17 bits per heavy atom. The normalized spacial score (nSPS) is 24.7. The molecular weight excluding hydrogens is 228 g/mol. The van der Waals surface area contributed by atoms with Crippen LogP contribution in [-0.4, -0.2) is 37.1 Å². The molecule has 0 spiro atoms. The SMILES string of the molecule is N#CC1(C(=O)N2CCCCCCC2)CCOCC1. The Morgan fingerprint density at radius 2 is 1.61 bits per heavy atom. The summed E-state index contributed by atoms with van der Waals surface area (Å²) in [6, 6.07) is 2.28. The maximum Gasteiger partial charge on any atom is 0.243 e. The van der Waals surface area contributed by atoms with E-state index in [9.17, 15) is 10.1 Å². The predicted molar refractivity (Wildman–Crippen MR) is 67.8 cm³/mol. The number of nitrogens with zero attached hydrogens (tertiary/aromatic N) is 2. The van der Waals surface area contributed by atoms with Crippen molar-refractivity contribution in [2.24, 2.45) is 5.41 Å². The summed E-state index contributed by atoms with van der Waals surface area (Å²) in [7, 11) is 0. The Morgan fingerprint density at radius 1 is 1.06 bits per heavy atom. The van der Waals surface area contributed by atoms with E-state index < -0.39 is 5.41 Å². The van der Waals surface area contributed by atoms with Crippen molar-refractivity contribution in [3.63, 3.8) is 0 Å². The van der Waals surface area contributed by atoms with Crippen LogP contribution >= 0.6 is 0 Å². The first-order valence-electron chi connectivity index (χ1n) is 7.07. The lowest BCUT2D eigenvalue weighted by atomic mass is 9.80. The van der Waals surface area contributed by atoms with Crippen LogP contribution in [0.25, 0.3) is 0 Å². The van der Waals surface area contributed by atoms with Crippen LogP contribution in [0.5, 0.6) is 0 Å². The summed E-state index contributed by atoms with van der Waals surface area (Å²) in [5.74, 6) is 0.0511. The molecule has 2 heterocycles. The standard InChI is InChI=1S/C14H22N2O2/c15-12-14(6-10-18-11-7-14)13(17)16-8-4-2-1-3-5-9-16/h1-11H2. The van der Waals surface area contributed by atoms with E-state index in [1.54, 1.807) is 0 Å². The summed E-state index contributed by atoms with van der Waals surface area (Å²) >= 11 is 0. The van der Waals surface area contributed by atoms with Crippen LogP contribution in [0.4, 0.5) is 0 Å². The van der Waals surface area contributed by atoms with Crippen molar-refractivity contribution in [1.29, 1.82) is 5.26 Å². The molecule has 2 aliphatic rings.